The van der Waals surface area contributed by atoms with Crippen molar-refractivity contribution in [2.45, 2.75) is 46.2 Å². The predicted molar refractivity (Wildman–Crippen MR) is 96.1 cm³/mol. The highest BCUT2D eigenvalue weighted by atomic mass is 35.5. The van der Waals surface area contributed by atoms with Crippen LogP contribution in [0.15, 0.2) is 24.3 Å². The summed E-state index contributed by atoms with van der Waals surface area (Å²) < 4.78 is 1.76. The molecule has 2 N–H and O–H groups in total. The van der Waals surface area contributed by atoms with E-state index in [-0.39, 0.29) is 18.4 Å². The van der Waals surface area contributed by atoms with Crippen LogP contribution in [0.5, 0.6) is 0 Å². The van der Waals surface area contributed by atoms with Crippen LogP contribution in [-0.4, -0.2) is 32.8 Å². The molecular formula is C18H22ClN3O3. The summed E-state index contributed by atoms with van der Waals surface area (Å²) >= 11 is 6.20. The van der Waals surface area contributed by atoms with E-state index in [0.717, 1.165) is 11.3 Å². The molecule has 1 aromatic carbocycles. The molecule has 0 aliphatic heterocycles. The van der Waals surface area contributed by atoms with Crippen LogP contribution in [-0.2, 0) is 11.3 Å². The van der Waals surface area contributed by atoms with Gasteiger partial charge in [0.15, 0.2) is 0 Å². The second-order valence-electron chi connectivity index (χ2n) is 6.10. The summed E-state index contributed by atoms with van der Waals surface area (Å²) in [5.41, 5.74) is 2.83. The number of aryl methyl sites for hydroxylation is 1. The number of carbonyl (C=O) groups is 2. The first-order chi connectivity index (χ1) is 11.8. The average Bonchev–Trinajstić information content (AvgIpc) is 2.81. The Balaban J connectivity index is 2.14. The molecule has 6 nitrogen and oxygen atoms in total. The molecule has 0 radical (unpaired) electrons. The van der Waals surface area contributed by atoms with E-state index in [1.165, 1.54) is 0 Å². The maximum Gasteiger partial charge on any atom is 0.303 e. The summed E-state index contributed by atoms with van der Waals surface area (Å²) in [5.74, 6) is -1.11. The number of rotatable bonds is 7. The first-order valence-electron chi connectivity index (χ1n) is 8.09. The number of halogens is 1. The first kappa shape index (κ1) is 19.0. The minimum Gasteiger partial charge on any atom is -0.481 e. The van der Waals surface area contributed by atoms with Crippen molar-refractivity contribution >= 4 is 23.5 Å². The second-order valence-corrected chi connectivity index (χ2v) is 6.51. The molecule has 1 aromatic heterocycles. The van der Waals surface area contributed by atoms with Crippen molar-refractivity contribution in [3.63, 3.8) is 0 Å². The smallest absolute Gasteiger partial charge is 0.303 e. The number of aliphatic carboxylic acids is 1. The normalized spacial score (nSPS) is 12.0. The molecule has 0 fully saturated rings. The Kier molecular flexibility index (Phi) is 6.20. The molecule has 0 aliphatic rings. The topological polar surface area (TPSA) is 84.2 Å². The van der Waals surface area contributed by atoms with E-state index in [9.17, 15) is 9.59 Å². The van der Waals surface area contributed by atoms with Crippen LogP contribution in [0, 0.1) is 13.8 Å². The van der Waals surface area contributed by atoms with Crippen molar-refractivity contribution in [2.75, 3.05) is 0 Å². The van der Waals surface area contributed by atoms with E-state index in [1.54, 1.807) is 18.5 Å². The average molecular weight is 364 g/mol. The highest BCUT2D eigenvalue weighted by Gasteiger charge is 2.20. The van der Waals surface area contributed by atoms with E-state index < -0.39 is 5.97 Å². The summed E-state index contributed by atoms with van der Waals surface area (Å²) in [5, 5.41) is 16.7. The van der Waals surface area contributed by atoms with Crippen molar-refractivity contribution < 1.29 is 14.7 Å². The number of hydrogen-bond donors (Lipinski definition) is 2. The highest BCUT2D eigenvalue weighted by Crippen LogP contribution is 2.19. The largest absolute Gasteiger partial charge is 0.481 e. The maximum absolute atomic E-state index is 12.5. The van der Waals surface area contributed by atoms with Crippen LogP contribution in [0.2, 0.25) is 5.02 Å². The Morgan fingerprint density at radius 1 is 1.32 bits per heavy atom. The molecule has 7 heteroatoms. The number of nitrogens with zero attached hydrogens (tertiary/aromatic N) is 2. The van der Waals surface area contributed by atoms with E-state index in [1.807, 2.05) is 31.2 Å². The van der Waals surface area contributed by atoms with Gasteiger partial charge in [0.25, 0.3) is 5.91 Å². The molecule has 0 saturated carbocycles. The monoisotopic (exact) mass is 363 g/mol. The number of benzene rings is 1. The van der Waals surface area contributed by atoms with Crippen LogP contribution in [0.4, 0.5) is 0 Å². The molecule has 2 aromatic rings. The lowest BCUT2D eigenvalue weighted by atomic mass is 10.1. The van der Waals surface area contributed by atoms with Gasteiger partial charge >= 0.3 is 5.97 Å². The molecule has 1 amide bonds. The van der Waals surface area contributed by atoms with Crippen LogP contribution in [0.1, 0.15) is 47.1 Å². The number of amides is 1. The van der Waals surface area contributed by atoms with Gasteiger partial charge in [-0.25, -0.2) is 0 Å². The lowest BCUT2D eigenvalue weighted by molar-refractivity contribution is -0.137. The SMILES string of the molecule is Cc1nn(Cc2ccccc2Cl)c(C)c1C(=O)NC(C)CCC(=O)O. The zero-order valence-corrected chi connectivity index (χ0v) is 15.3. The van der Waals surface area contributed by atoms with Gasteiger partial charge in [0.05, 0.1) is 17.8 Å². The summed E-state index contributed by atoms with van der Waals surface area (Å²) in [4.78, 5) is 23.2. The molecular weight excluding hydrogens is 342 g/mol. The van der Waals surface area contributed by atoms with Crippen molar-refractivity contribution in [1.82, 2.24) is 15.1 Å². The molecule has 1 unspecified atom stereocenters. The van der Waals surface area contributed by atoms with E-state index in [0.29, 0.717) is 29.2 Å². The maximum atomic E-state index is 12.5. The lowest BCUT2D eigenvalue weighted by Crippen LogP contribution is -2.33. The van der Waals surface area contributed by atoms with Crippen molar-refractivity contribution in [3.8, 4) is 0 Å². The molecule has 25 heavy (non-hydrogen) atoms. The van der Waals surface area contributed by atoms with Gasteiger partial charge in [-0.2, -0.15) is 5.10 Å². The Morgan fingerprint density at radius 2 is 2.00 bits per heavy atom. The summed E-state index contributed by atoms with van der Waals surface area (Å²) in [6.45, 7) is 5.90. The van der Waals surface area contributed by atoms with E-state index in [2.05, 4.69) is 10.4 Å². The quantitative estimate of drug-likeness (QED) is 0.791. The highest BCUT2D eigenvalue weighted by molar-refractivity contribution is 6.31. The number of carboxylic acids is 1. The van der Waals surface area contributed by atoms with Gasteiger partial charge in [-0.15, -0.1) is 0 Å². The van der Waals surface area contributed by atoms with E-state index >= 15 is 0 Å². The molecule has 1 heterocycles. The van der Waals surface area contributed by atoms with Gasteiger partial charge in [-0.1, -0.05) is 29.8 Å². The molecule has 0 spiro atoms. The van der Waals surface area contributed by atoms with Gasteiger partial charge in [0.1, 0.15) is 0 Å². The standard InChI is InChI=1S/C18H22ClN3O3/c1-11(8-9-16(23)24)20-18(25)17-12(2)21-22(13(17)3)10-14-6-4-5-7-15(14)19/h4-7,11H,8-10H2,1-3H3,(H,20,25)(H,23,24). The Bertz CT molecular complexity index is 786. The molecule has 2 rings (SSSR count). The number of nitrogens with one attached hydrogen (secondary N) is 1. The van der Waals surface area contributed by atoms with Gasteiger partial charge in [-0.3, -0.25) is 14.3 Å². The summed E-state index contributed by atoms with van der Waals surface area (Å²) in [6.07, 6.45) is 0.401. The molecule has 0 bridgehead atoms. The van der Waals surface area contributed by atoms with Gasteiger partial charge < -0.3 is 10.4 Å². The zero-order chi connectivity index (χ0) is 18.6. The molecule has 0 aliphatic carbocycles. The molecule has 1 atom stereocenters. The van der Waals surface area contributed by atoms with Gasteiger partial charge in [0.2, 0.25) is 0 Å². The second kappa shape index (κ2) is 8.16. The summed E-state index contributed by atoms with van der Waals surface area (Å²) in [7, 11) is 0. The fourth-order valence-electron chi connectivity index (χ4n) is 2.68. The summed E-state index contributed by atoms with van der Waals surface area (Å²) in [6, 6.07) is 7.29. The Labute approximate surface area is 151 Å². The van der Waals surface area contributed by atoms with Crippen LogP contribution in [0.25, 0.3) is 0 Å². The number of carbonyl (C=O) groups excluding carboxylic acids is 1. The van der Waals surface area contributed by atoms with Crippen LogP contribution >= 0.6 is 11.6 Å². The lowest BCUT2D eigenvalue weighted by Gasteiger charge is -2.13. The fraction of sp³-hybridized carbons (Fsp3) is 0.389. The van der Waals surface area contributed by atoms with E-state index in [4.69, 9.17) is 16.7 Å². The number of aromatic nitrogens is 2. The predicted octanol–water partition coefficient (Wildman–Crippen LogP) is 3.18. The van der Waals surface area contributed by atoms with Gasteiger partial charge in [0, 0.05) is 23.2 Å². The van der Waals surface area contributed by atoms with Crippen molar-refractivity contribution in [1.29, 1.82) is 0 Å². The van der Waals surface area contributed by atoms with Crippen LogP contribution in [0.3, 0.4) is 0 Å². The third-order valence-electron chi connectivity index (χ3n) is 4.06. The first-order valence-corrected chi connectivity index (χ1v) is 8.47. The minimum absolute atomic E-state index is 0.0190. The van der Waals surface area contributed by atoms with Crippen LogP contribution < -0.4 is 5.32 Å². The third kappa shape index (κ3) is 4.82. The fourth-order valence-corrected chi connectivity index (χ4v) is 2.87. The third-order valence-corrected chi connectivity index (χ3v) is 4.42. The Hall–Kier alpha value is -2.34. The van der Waals surface area contributed by atoms with Gasteiger partial charge in [-0.05, 0) is 38.8 Å². The number of carboxylic acid groups (broad SMARTS) is 1. The number of hydrogen-bond acceptors (Lipinski definition) is 3. The van der Waals surface area contributed by atoms with Crippen molar-refractivity contribution in [3.05, 3.63) is 51.8 Å². The zero-order valence-electron chi connectivity index (χ0n) is 14.5. The molecule has 0 saturated heterocycles. The minimum atomic E-state index is -0.874. The molecule has 134 valence electrons. The van der Waals surface area contributed by atoms with Crippen molar-refractivity contribution in [2.24, 2.45) is 0 Å². The Morgan fingerprint density at radius 3 is 2.64 bits per heavy atom.